The molecule has 0 saturated carbocycles. The Labute approximate surface area is 170 Å². The number of sulfonamides is 1. The van der Waals surface area contributed by atoms with Crippen molar-refractivity contribution in [2.24, 2.45) is 0 Å². The van der Waals surface area contributed by atoms with Crippen molar-refractivity contribution in [3.63, 3.8) is 0 Å². The van der Waals surface area contributed by atoms with E-state index in [1.165, 1.54) is 0 Å². The van der Waals surface area contributed by atoms with Gasteiger partial charge in [-0.2, -0.15) is 0 Å². The second-order valence-corrected chi connectivity index (χ2v) is 9.06. The molecule has 8 heteroatoms. The van der Waals surface area contributed by atoms with E-state index in [9.17, 15) is 13.2 Å². The van der Waals surface area contributed by atoms with Crippen molar-refractivity contribution in [1.82, 2.24) is 4.72 Å². The first-order valence-corrected chi connectivity index (χ1v) is 11.2. The smallest absolute Gasteiger partial charge is 0.241 e. The molecule has 154 valence electrons. The summed E-state index contributed by atoms with van der Waals surface area (Å²) in [5, 5.41) is 0. The lowest BCUT2D eigenvalue weighted by Gasteiger charge is -2.22. The molecule has 0 unspecified atom stereocenters. The molecule has 2 heterocycles. The Morgan fingerprint density at radius 2 is 1.83 bits per heavy atom. The third-order valence-corrected chi connectivity index (χ3v) is 6.78. The number of rotatable bonds is 5. The van der Waals surface area contributed by atoms with Gasteiger partial charge in [0.25, 0.3) is 0 Å². The Hall–Kier alpha value is -2.58. The Balaban J connectivity index is 1.54. The first-order chi connectivity index (χ1) is 13.8. The van der Waals surface area contributed by atoms with E-state index in [0.29, 0.717) is 37.7 Å². The summed E-state index contributed by atoms with van der Waals surface area (Å²) < 4.78 is 39.6. The fraction of sp³-hybridized carbons (Fsp3) is 0.381. The van der Waals surface area contributed by atoms with Gasteiger partial charge in [-0.1, -0.05) is 6.07 Å². The monoisotopic (exact) mass is 416 g/mol. The van der Waals surface area contributed by atoms with Gasteiger partial charge in [0.1, 0.15) is 13.2 Å². The zero-order valence-electron chi connectivity index (χ0n) is 16.5. The molecular formula is C21H24N2O5S. The molecule has 1 fully saturated rings. The van der Waals surface area contributed by atoms with Gasteiger partial charge in [-0.05, 0) is 61.7 Å². The summed E-state index contributed by atoms with van der Waals surface area (Å²) in [7, 11) is -3.73. The van der Waals surface area contributed by atoms with E-state index in [4.69, 9.17) is 9.47 Å². The molecule has 1 N–H and O–H groups in total. The highest BCUT2D eigenvalue weighted by molar-refractivity contribution is 7.89. The van der Waals surface area contributed by atoms with E-state index in [2.05, 4.69) is 4.72 Å². The molecule has 29 heavy (non-hydrogen) atoms. The van der Waals surface area contributed by atoms with Gasteiger partial charge in [0.05, 0.1) is 4.90 Å². The number of benzene rings is 2. The van der Waals surface area contributed by atoms with Crippen molar-refractivity contribution >= 4 is 21.6 Å². The summed E-state index contributed by atoms with van der Waals surface area (Å²) in [6, 6.07) is 9.84. The fourth-order valence-corrected chi connectivity index (χ4v) is 5.02. The molecule has 0 bridgehead atoms. The molecule has 0 aliphatic carbocycles. The number of amides is 1. The second kappa shape index (κ2) is 7.68. The van der Waals surface area contributed by atoms with Gasteiger partial charge in [-0.15, -0.1) is 0 Å². The van der Waals surface area contributed by atoms with E-state index in [-0.39, 0.29) is 10.8 Å². The van der Waals surface area contributed by atoms with Crippen LogP contribution in [0.25, 0.3) is 0 Å². The highest BCUT2D eigenvalue weighted by atomic mass is 32.2. The summed E-state index contributed by atoms with van der Waals surface area (Å²) in [5.41, 5.74) is 2.32. The number of ether oxygens (including phenoxy) is 2. The van der Waals surface area contributed by atoms with Gasteiger partial charge >= 0.3 is 0 Å². The number of fused-ring (bicyclic) bond motifs is 1. The summed E-state index contributed by atoms with van der Waals surface area (Å²) in [6.07, 6.45) is 1.36. The van der Waals surface area contributed by atoms with Crippen LogP contribution >= 0.6 is 0 Å². The standard InChI is InChI=1S/C21H24N2O5S/c1-14-12-17(6-7-18(14)23-9-3-4-21(23)24)29(25,26)22-15(2)16-5-8-19-20(13-16)28-11-10-27-19/h5-8,12-13,15,22H,3-4,9-11H2,1-2H3/t15-/m1/s1. The van der Waals surface area contributed by atoms with E-state index in [1.807, 2.05) is 13.0 Å². The highest BCUT2D eigenvalue weighted by Gasteiger charge is 2.25. The molecule has 0 radical (unpaired) electrons. The first-order valence-electron chi connectivity index (χ1n) is 9.68. The minimum Gasteiger partial charge on any atom is -0.486 e. The van der Waals surface area contributed by atoms with Crippen LogP contribution in [0.1, 0.15) is 36.9 Å². The Bertz CT molecular complexity index is 1050. The lowest BCUT2D eigenvalue weighted by Crippen LogP contribution is -2.28. The number of hydrogen-bond donors (Lipinski definition) is 1. The van der Waals surface area contributed by atoms with Gasteiger partial charge < -0.3 is 14.4 Å². The summed E-state index contributed by atoms with van der Waals surface area (Å²) >= 11 is 0. The molecule has 1 amide bonds. The second-order valence-electron chi connectivity index (χ2n) is 7.34. The van der Waals surface area contributed by atoms with Crippen LogP contribution in [0, 0.1) is 6.92 Å². The summed E-state index contributed by atoms with van der Waals surface area (Å²) in [6.45, 7) is 5.26. The van der Waals surface area contributed by atoms with E-state index in [1.54, 1.807) is 42.2 Å². The number of carbonyl (C=O) groups excluding carboxylic acids is 1. The fourth-order valence-electron chi connectivity index (χ4n) is 3.70. The van der Waals surface area contributed by atoms with Crippen LogP contribution in [0.3, 0.4) is 0 Å². The molecule has 2 aliphatic heterocycles. The maximum Gasteiger partial charge on any atom is 0.241 e. The zero-order valence-corrected chi connectivity index (χ0v) is 17.3. The number of aryl methyl sites for hydroxylation is 1. The van der Waals surface area contributed by atoms with Crippen LogP contribution in [0.2, 0.25) is 0 Å². The van der Waals surface area contributed by atoms with Crippen molar-refractivity contribution in [1.29, 1.82) is 0 Å². The molecule has 4 rings (SSSR count). The molecule has 2 aliphatic rings. The average Bonchev–Trinajstić information content (AvgIpc) is 3.12. The van der Waals surface area contributed by atoms with Gasteiger partial charge in [0.2, 0.25) is 15.9 Å². The van der Waals surface area contributed by atoms with Crippen molar-refractivity contribution < 1.29 is 22.7 Å². The minimum atomic E-state index is -3.73. The van der Waals surface area contributed by atoms with Gasteiger partial charge in [-0.3, -0.25) is 4.79 Å². The third-order valence-electron chi connectivity index (χ3n) is 5.24. The van der Waals surface area contributed by atoms with Crippen molar-refractivity contribution in [2.75, 3.05) is 24.7 Å². The van der Waals surface area contributed by atoms with Crippen LogP contribution < -0.4 is 19.1 Å². The molecule has 2 aromatic rings. The van der Waals surface area contributed by atoms with E-state index >= 15 is 0 Å². The Kier molecular flexibility index (Phi) is 5.23. The molecule has 1 saturated heterocycles. The Morgan fingerprint density at radius 3 is 2.52 bits per heavy atom. The van der Waals surface area contributed by atoms with Gasteiger partial charge in [0.15, 0.2) is 11.5 Å². The number of nitrogens with zero attached hydrogens (tertiary/aromatic N) is 1. The van der Waals surface area contributed by atoms with E-state index < -0.39 is 16.1 Å². The third kappa shape index (κ3) is 3.95. The number of hydrogen-bond acceptors (Lipinski definition) is 5. The lowest BCUT2D eigenvalue weighted by atomic mass is 10.1. The predicted molar refractivity (Wildman–Crippen MR) is 109 cm³/mol. The number of nitrogens with one attached hydrogen (secondary N) is 1. The van der Waals surface area contributed by atoms with Crippen LogP contribution in [-0.4, -0.2) is 34.1 Å². The van der Waals surface area contributed by atoms with Crippen LogP contribution in [-0.2, 0) is 14.8 Å². The van der Waals surface area contributed by atoms with Crippen molar-refractivity contribution in [3.05, 3.63) is 47.5 Å². The quantitative estimate of drug-likeness (QED) is 0.810. The molecular weight excluding hydrogens is 392 g/mol. The summed E-state index contributed by atoms with van der Waals surface area (Å²) in [5.74, 6) is 1.36. The van der Waals surface area contributed by atoms with Crippen LogP contribution in [0.4, 0.5) is 5.69 Å². The van der Waals surface area contributed by atoms with Crippen LogP contribution in [0.15, 0.2) is 41.3 Å². The van der Waals surface area contributed by atoms with E-state index in [0.717, 1.165) is 23.2 Å². The van der Waals surface area contributed by atoms with Crippen molar-refractivity contribution in [2.45, 2.75) is 37.6 Å². The zero-order chi connectivity index (χ0) is 20.6. The SMILES string of the molecule is Cc1cc(S(=O)(=O)N[C@H](C)c2ccc3c(c2)OCCO3)ccc1N1CCCC1=O. The minimum absolute atomic E-state index is 0.0778. The largest absolute Gasteiger partial charge is 0.486 e. The lowest BCUT2D eigenvalue weighted by molar-refractivity contribution is -0.117. The first kappa shape index (κ1) is 19.7. The summed E-state index contributed by atoms with van der Waals surface area (Å²) in [4.78, 5) is 13.9. The number of anilines is 1. The van der Waals surface area contributed by atoms with Gasteiger partial charge in [0, 0.05) is 24.7 Å². The Morgan fingerprint density at radius 1 is 1.07 bits per heavy atom. The molecule has 0 spiro atoms. The van der Waals surface area contributed by atoms with Crippen molar-refractivity contribution in [3.8, 4) is 11.5 Å². The molecule has 1 atom stereocenters. The topological polar surface area (TPSA) is 84.9 Å². The number of carbonyl (C=O) groups is 1. The molecule has 0 aromatic heterocycles. The molecule has 7 nitrogen and oxygen atoms in total. The molecule has 2 aromatic carbocycles. The van der Waals surface area contributed by atoms with Crippen LogP contribution in [0.5, 0.6) is 11.5 Å². The predicted octanol–water partition coefficient (Wildman–Crippen LogP) is 2.93. The normalized spacial score (nSPS) is 17.4. The average molecular weight is 416 g/mol. The van der Waals surface area contributed by atoms with Gasteiger partial charge in [-0.25, -0.2) is 13.1 Å². The maximum absolute atomic E-state index is 12.9. The maximum atomic E-state index is 12.9. The highest BCUT2D eigenvalue weighted by Crippen LogP contribution is 2.33.